The maximum Gasteiger partial charge on any atom is 0.264 e. The van der Waals surface area contributed by atoms with E-state index in [0.29, 0.717) is 5.76 Å². The van der Waals surface area contributed by atoms with E-state index in [1.54, 1.807) is 18.2 Å². The number of amides is 1. The van der Waals surface area contributed by atoms with Crippen molar-refractivity contribution in [1.82, 2.24) is 14.9 Å². The summed E-state index contributed by atoms with van der Waals surface area (Å²) in [5.41, 5.74) is 1.80. The minimum absolute atomic E-state index is 0.0480. The molecule has 0 saturated carbocycles. The number of nitrogens with one attached hydrogen (secondary N) is 1. The molecule has 1 amide bonds. The van der Waals surface area contributed by atoms with Crippen LogP contribution in [-0.4, -0.2) is 24.5 Å². The van der Waals surface area contributed by atoms with E-state index in [1.165, 1.54) is 18.4 Å². The number of carbonyl (C=O) groups is 1. The summed E-state index contributed by atoms with van der Waals surface area (Å²) >= 11 is 0. The van der Waals surface area contributed by atoms with Crippen LogP contribution in [0.3, 0.4) is 0 Å². The Morgan fingerprint density at radius 2 is 2.00 bits per heavy atom. The molecule has 0 bridgehead atoms. The third kappa shape index (κ3) is 3.99. The first-order valence-electron chi connectivity index (χ1n) is 7.84. The van der Waals surface area contributed by atoms with Crippen molar-refractivity contribution in [1.29, 1.82) is 0 Å². The fourth-order valence-electron chi connectivity index (χ4n) is 2.22. The highest BCUT2D eigenvalue weighted by Gasteiger charge is 2.19. The molecule has 0 aliphatic rings. The van der Waals surface area contributed by atoms with Crippen molar-refractivity contribution in [2.75, 3.05) is 0 Å². The van der Waals surface area contributed by atoms with Gasteiger partial charge in [-0.25, -0.2) is 13.1 Å². The molecule has 0 fully saturated rings. The summed E-state index contributed by atoms with van der Waals surface area (Å²) in [4.78, 5) is 16.1. The molecule has 0 aliphatic carbocycles. The van der Waals surface area contributed by atoms with Gasteiger partial charge in [-0.05, 0) is 49.2 Å². The fourth-order valence-corrected chi connectivity index (χ4v) is 3.32. The molecule has 136 valence electrons. The number of nitrogens with zero attached hydrogens (tertiary/aromatic N) is 2. The molecule has 0 radical (unpaired) electrons. The first-order chi connectivity index (χ1) is 12.3. The molecule has 2 heterocycles. The van der Waals surface area contributed by atoms with Crippen LogP contribution >= 0.6 is 0 Å². The molecule has 0 aliphatic heterocycles. The Hall–Kier alpha value is -2.94. The van der Waals surface area contributed by atoms with Gasteiger partial charge in [-0.1, -0.05) is 11.2 Å². The lowest BCUT2D eigenvalue weighted by Gasteiger charge is -2.08. The van der Waals surface area contributed by atoms with Gasteiger partial charge in [-0.2, -0.15) is 4.98 Å². The van der Waals surface area contributed by atoms with Gasteiger partial charge in [0.05, 0.1) is 11.2 Å². The highest BCUT2D eigenvalue weighted by atomic mass is 32.2. The van der Waals surface area contributed by atoms with E-state index in [9.17, 15) is 13.2 Å². The Bertz CT molecular complexity index is 1020. The van der Waals surface area contributed by atoms with Gasteiger partial charge in [0.15, 0.2) is 5.76 Å². The van der Waals surface area contributed by atoms with Crippen LogP contribution in [-0.2, 0) is 21.2 Å². The Morgan fingerprint density at radius 3 is 2.69 bits per heavy atom. The average molecular weight is 375 g/mol. The highest BCUT2D eigenvalue weighted by Crippen LogP contribution is 2.17. The standard InChI is InChI=1S/C17H17N3O5S/c1-11-5-6-13(10-12(11)2)26(22,23)20-15(21)7-8-16-18-17(19-25-16)14-4-3-9-24-14/h3-6,9-10H,7-8H2,1-2H3,(H,20,21). The number of hydrogen-bond acceptors (Lipinski definition) is 7. The lowest BCUT2D eigenvalue weighted by atomic mass is 10.1. The first kappa shape index (κ1) is 17.9. The minimum Gasteiger partial charge on any atom is -0.461 e. The Balaban J connectivity index is 1.61. The van der Waals surface area contributed by atoms with Gasteiger partial charge in [0.2, 0.25) is 17.6 Å². The maximum atomic E-state index is 12.3. The van der Waals surface area contributed by atoms with E-state index in [-0.39, 0.29) is 29.5 Å². The smallest absolute Gasteiger partial charge is 0.264 e. The Labute approximate surface area is 150 Å². The monoisotopic (exact) mass is 375 g/mol. The molecule has 0 spiro atoms. The van der Waals surface area contributed by atoms with Crippen molar-refractivity contribution in [2.45, 2.75) is 31.6 Å². The molecule has 3 aromatic rings. The molecule has 26 heavy (non-hydrogen) atoms. The lowest BCUT2D eigenvalue weighted by molar-refractivity contribution is -0.119. The van der Waals surface area contributed by atoms with Crippen molar-refractivity contribution in [3.8, 4) is 11.6 Å². The predicted molar refractivity (Wildman–Crippen MR) is 91.6 cm³/mol. The summed E-state index contributed by atoms with van der Waals surface area (Å²) in [5.74, 6) is 0.283. The molecule has 0 atom stereocenters. The zero-order valence-corrected chi connectivity index (χ0v) is 15.0. The number of sulfonamides is 1. The van der Waals surface area contributed by atoms with Crippen molar-refractivity contribution in [3.63, 3.8) is 0 Å². The fraction of sp³-hybridized carbons (Fsp3) is 0.235. The van der Waals surface area contributed by atoms with Crippen molar-refractivity contribution < 1.29 is 22.2 Å². The van der Waals surface area contributed by atoms with E-state index >= 15 is 0 Å². The normalized spacial score (nSPS) is 11.5. The van der Waals surface area contributed by atoms with Crippen molar-refractivity contribution in [3.05, 3.63) is 53.6 Å². The van der Waals surface area contributed by atoms with Crippen LogP contribution in [0.2, 0.25) is 0 Å². The van der Waals surface area contributed by atoms with E-state index in [4.69, 9.17) is 8.94 Å². The molecular formula is C17H17N3O5S. The summed E-state index contributed by atoms with van der Waals surface area (Å²) in [6.45, 7) is 3.69. The highest BCUT2D eigenvalue weighted by molar-refractivity contribution is 7.90. The SMILES string of the molecule is Cc1ccc(S(=O)(=O)NC(=O)CCc2nc(-c3ccco3)no2)cc1C. The molecule has 1 aromatic carbocycles. The number of furan rings is 1. The summed E-state index contributed by atoms with van der Waals surface area (Å²) < 4.78 is 36.8. The van der Waals surface area contributed by atoms with Crippen LogP contribution in [0.4, 0.5) is 0 Å². The first-order valence-corrected chi connectivity index (χ1v) is 9.33. The zero-order valence-electron chi connectivity index (χ0n) is 14.2. The van der Waals surface area contributed by atoms with Gasteiger partial charge in [-0.15, -0.1) is 0 Å². The lowest BCUT2D eigenvalue weighted by Crippen LogP contribution is -2.30. The van der Waals surface area contributed by atoms with Gasteiger partial charge < -0.3 is 8.94 Å². The molecule has 3 rings (SSSR count). The number of aryl methyl sites for hydroxylation is 3. The maximum absolute atomic E-state index is 12.3. The van der Waals surface area contributed by atoms with Crippen LogP contribution in [0.5, 0.6) is 0 Å². The number of hydrogen-bond donors (Lipinski definition) is 1. The third-order valence-corrected chi connectivity index (χ3v) is 5.18. The van der Waals surface area contributed by atoms with Gasteiger partial charge in [-0.3, -0.25) is 4.79 Å². The van der Waals surface area contributed by atoms with Crippen LogP contribution < -0.4 is 4.72 Å². The van der Waals surface area contributed by atoms with Gasteiger partial charge in [0, 0.05) is 12.8 Å². The summed E-state index contributed by atoms with van der Waals surface area (Å²) in [6.07, 6.45) is 1.49. The average Bonchev–Trinajstić information content (AvgIpc) is 3.26. The second-order valence-corrected chi connectivity index (χ2v) is 7.45. The third-order valence-electron chi connectivity index (χ3n) is 3.81. The number of rotatable bonds is 6. The van der Waals surface area contributed by atoms with Crippen LogP contribution in [0.1, 0.15) is 23.4 Å². The molecule has 2 aromatic heterocycles. The summed E-state index contributed by atoms with van der Waals surface area (Å²) in [5, 5.41) is 3.75. The summed E-state index contributed by atoms with van der Waals surface area (Å²) in [7, 11) is -3.91. The van der Waals surface area contributed by atoms with Crippen LogP contribution in [0, 0.1) is 13.8 Å². The van der Waals surface area contributed by atoms with E-state index in [1.807, 2.05) is 18.6 Å². The van der Waals surface area contributed by atoms with Crippen molar-refractivity contribution in [2.24, 2.45) is 0 Å². The van der Waals surface area contributed by atoms with E-state index in [2.05, 4.69) is 10.1 Å². The van der Waals surface area contributed by atoms with Gasteiger partial charge in [0.1, 0.15) is 0 Å². The van der Waals surface area contributed by atoms with Gasteiger partial charge in [0.25, 0.3) is 10.0 Å². The second-order valence-electron chi connectivity index (χ2n) is 5.76. The molecule has 8 nitrogen and oxygen atoms in total. The molecular weight excluding hydrogens is 358 g/mol. The van der Waals surface area contributed by atoms with E-state index in [0.717, 1.165) is 11.1 Å². The Kier molecular flexibility index (Phi) is 4.90. The minimum atomic E-state index is -3.91. The predicted octanol–water partition coefficient (Wildman–Crippen LogP) is 2.38. The molecule has 0 saturated heterocycles. The number of carbonyl (C=O) groups excluding carboxylic acids is 1. The number of aromatic nitrogens is 2. The molecule has 1 N–H and O–H groups in total. The largest absolute Gasteiger partial charge is 0.461 e. The van der Waals surface area contributed by atoms with Gasteiger partial charge >= 0.3 is 0 Å². The quantitative estimate of drug-likeness (QED) is 0.703. The van der Waals surface area contributed by atoms with Crippen LogP contribution in [0.25, 0.3) is 11.6 Å². The Morgan fingerprint density at radius 1 is 1.19 bits per heavy atom. The van der Waals surface area contributed by atoms with Crippen LogP contribution in [0.15, 0.2) is 50.4 Å². The second kappa shape index (κ2) is 7.12. The van der Waals surface area contributed by atoms with Crippen molar-refractivity contribution >= 4 is 15.9 Å². The molecule has 9 heteroatoms. The number of benzene rings is 1. The zero-order chi connectivity index (χ0) is 18.7. The topological polar surface area (TPSA) is 115 Å². The molecule has 0 unspecified atom stereocenters. The summed E-state index contributed by atoms with van der Waals surface area (Å²) in [6, 6.07) is 8.06. The van der Waals surface area contributed by atoms with E-state index < -0.39 is 15.9 Å².